The van der Waals surface area contributed by atoms with Crippen LogP contribution < -0.4 is 5.32 Å². The van der Waals surface area contributed by atoms with Crippen LogP contribution in [-0.2, 0) is 16.1 Å². The Hall–Kier alpha value is -3.74. The van der Waals surface area contributed by atoms with Gasteiger partial charge >= 0.3 is 5.97 Å². The number of aromatic nitrogens is 2. The van der Waals surface area contributed by atoms with Gasteiger partial charge in [-0.25, -0.2) is 4.39 Å². The summed E-state index contributed by atoms with van der Waals surface area (Å²) in [4.78, 5) is 29.5. The van der Waals surface area contributed by atoms with Crippen molar-refractivity contribution in [1.29, 1.82) is 0 Å². The normalized spacial score (nSPS) is 18.0. The number of methoxy groups -OCH3 is 1. The molecule has 6 nitrogen and oxygen atoms in total. The number of nitrogens with one attached hydrogen (secondary N) is 1. The summed E-state index contributed by atoms with van der Waals surface area (Å²) in [6.07, 6.45) is 6.94. The summed E-state index contributed by atoms with van der Waals surface area (Å²) in [5.41, 5.74) is 1.86. The maximum absolute atomic E-state index is 14.4. The second kappa shape index (κ2) is 9.86. The van der Waals surface area contributed by atoms with Crippen molar-refractivity contribution in [2.45, 2.75) is 32.2 Å². The van der Waals surface area contributed by atoms with Crippen molar-refractivity contribution in [1.82, 2.24) is 14.9 Å². The summed E-state index contributed by atoms with van der Waals surface area (Å²) < 4.78 is 21.2. The number of hydrogen-bond acceptors (Lipinski definition) is 4. The summed E-state index contributed by atoms with van der Waals surface area (Å²) in [5.74, 6) is -0.658. The Bertz CT molecular complexity index is 1390. The molecule has 0 unspecified atom stereocenters. The van der Waals surface area contributed by atoms with E-state index in [2.05, 4.69) is 10.3 Å². The minimum Gasteiger partial charge on any atom is -0.469 e. The maximum Gasteiger partial charge on any atom is 0.308 e. The van der Waals surface area contributed by atoms with Crippen molar-refractivity contribution in [3.05, 3.63) is 78.0 Å². The predicted molar refractivity (Wildman–Crippen MR) is 133 cm³/mol. The van der Waals surface area contributed by atoms with Gasteiger partial charge in [-0.05, 0) is 61.3 Å². The smallest absolute Gasteiger partial charge is 0.308 e. The highest BCUT2D eigenvalue weighted by Gasteiger charge is 2.27. The van der Waals surface area contributed by atoms with Crippen LogP contribution in [0.4, 0.5) is 4.39 Å². The van der Waals surface area contributed by atoms with Crippen LogP contribution in [0.1, 0.15) is 41.7 Å². The molecule has 2 heterocycles. The van der Waals surface area contributed by atoms with Crippen molar-refractivity contribution in [2.24, 2.45) is 11.8 Å². The van der Waals surface area contributed by atoms with Gasteiger partial charge in [0.15, 0.2) is 0 Å². The molecule has 1 N–H and O–H groups in total. The Morgan fingerprint density at radius 3 is 2.60 bits per heavy atom. The number of rotatable bonds is 6. The average Bonchev–Trinajstić information content (AvgIpc) is 3.28. The van der Waals surface area contributed by atoms with E-state index in [1.807, 2.05) is 53.4 Å². The van der Waals surface area contributed by atoms with Crippen molar-refractivity contribution in [3.63, 3.8) is 0 Å². The number of ether oxygens (including phenoxy) is 1. The zero-order valence-corrected chi connectivity index (χ0v) is 19.7. The monoisotopic (exact) mass is 473 g/mol. The lowest BCUT2D eigenvalue weighted by Crippen LogP contribution is -2.33. The van der Waals surface area contributed by atoms with Crippen LogP contribution in [0.3, 0.4) is 0 Å². The van der Waals surface area contributed by atoms with E-state index in [0.717, 1.165) is 42.1 Å². The lowest BCUT2D eigenvalue weighted by atomic mass is 9.82. The first-order chi connectivity index (χ1) is 17.0. The van der Waals surface area contributed by atoms with Gasteiger partial charge in [0.2, 0.25) is 0 Å². The van der Waals surface area contributed by atoms with E-state index in [9.17, 15) is 14.0 Å². The molecule has 0 atom stereocenters. The fraction of sp³-hybridized carbons (Fsp3) is 0.321. The number of fused-ring (bicyclic) bond motifs is 2. The van der Waals surface area contributed by atoms with Crippen molar-refractivity contribution in [3.8, 4) is 0 Å². The molecule has 1 aliphatic rings. The zero-order valence-electron chi connectivity index (χ0n) is 19.7. The SMILES string of the molecule is COC(=O)[C@H]1CC[C@H](CNC(=O)c2cc(F)cc3ccn(Cc4cc5ccccc5cn4)c23)CC1. The first-order valence-electron chi connectivity index (χ1n) is 12.0. The number of nitrogens with zero attached hydrogens (tertiary/aromatic N) is 2. The van der Waals surface area contributed by atoms with E-state index in [1.54, 1.807) is 0 Å². The van der Waals surface area contributed by atoms with Crippen molar-refractivity contribution >= 4 is 33.6 Å². The van der Waals surface area contributed by atoms with Crippen molar-refractivity contribution in [2.75, 3.05) is 13.7 Å². The number of hydrogen-bond donors (Lipinski definition) is 1. The predicted octanol–water partition coefficient (Wildman–Crippen LogP) is 5.09. The first-order valence-corrected chi connectivity index (χ1v) is 12.0. The third-order valence-electron chi connectivity index (χ3n) is 7.02. The van der Waals surface area contributed by atoms with Crippen LogP contribution in [0, 0.1) is 17.7 Å². The Balaban J connectivity index is 1.33. The van der Waals surface area contributed by atoms with E-state index >= 15 is 0 Å². The molecule has 0 saturated heterocycles. The number of esters is 1. The standard InChI is InChI=1S/C28H28FN3O3/c1-35-28(34)19-8-6-18(7-9-19)15-31-27(33)25-14-23(29)12-21-10-11-32(26(21)25)17-24-13-20-4-2-3-5-22(20)16-30-24/h2-5,10-14,16,18-19H,6-9,15,17H2,1H3,(H,31,33)/t18-,19-. The second-order valence-corrected chi connectivity index (χ2v) is 9.31. The molecule has 1 saturated carbocycles. The third kappa shape index (κ3) is 4.90. The van der Waals surface area contributed by atoms with Crippen molar-refractivity contribution < 1.29 is 18.7 Å². The van der Waals surface area contributed by atoms with Crippen LogP contribution >= 0.6 is 0 Å². The Morgan fingerprint density at radius 2 is 1.83 bits per heavy atom. The summed E-state index contributed by atoms with van der Waals surface area (Å²) in [7, 11) is 1.42. The van der Waals surface area contributed by atoms with Gasteiger partial charge in [-0.1, -0.05) is 24.3 Å². The van der Waals surface area contributed by atoms with E-state index in [4.69, 9.17) is 4.74 Å². The quantitative estimate of drug-likeness (QED) is 0.396. The van der Waals surface area contributed by atoms with Gasteiger partial charge in [0, 0.05) is 29.7 Å². The number of halogens is 1. The first kappa shape index (κ1) is 23.0. The lowest BCUT2D eigenvalue weighted by molar-refractivity contribution is -0.146. The number of carbonyl (C=O) groups is 2. The molecule has 2 aromatic carbocycles. The van der Waals surface area contributed by atoms with Crippen LogP contribution in [-0.4, -0.2) is 35.1 Å². The molecule has 4 aromatic rings. The lowest BCUT2D eigenvalue weighted by Gasteiger charge is -2.27. The number of pyridine rings is 1. The molecule has 7 heteroatoms. The molecule has 35 heavy (non-hydrogen) atoms. The van der Waals surface area contributed by atoms with Gasteiger partial charge in [0.25, 0.3) is 5.91 Å². The molecule has 180 valence electrons. The van der Waals surface area contributed by atoms with Gasteiger partial charge in [0.1, 0.15) is 5.82 Å². The Kier molecular flexibility index (Phi) is 6.49. The molecular weight excluding hydrogens is 445 g/mol. The third-order valence-corrected chi connectivity index (χ3v) is 7.02. The second-order valence-electron chi connectivity index (χ2n) is 9.31. The highest BCUT2D eigenvalue weighted by Crippen LogP contribution is 2.29. The number of benzene rings is 2. The van der Waals surface area contributed by atoms with Crippen LogP contribution in [0.15, 0.2) is 60.9 Å². The summed E-state index contributed by atoms with van der Waals surface area (Å²) in [6, 6.07) is 14.6. The topological polar surface area (TPSA) is 73.2 Å². The molecule has 1 aliphatic carbocycles. The fourth-order valence-corrected chi connectivity index (χ4v) is 5.11. The maximum atomic E-state index is 14.4. The molecule has 2 aromatic heterocycles. The number of amides is 1. The van der Waals surface area contributed by atoms with Gasteiger partial charge in [-0.15, -0.1) is 0 Å². The van der Waals surface area contributed by atoms with E-state index in [1.165, 1.54) is 19.2 Å². The van der Waals surface area contributed by atoms with E-state index in [-0.39, 0.29) is 23.7 Å². The van der Waals surface area contributed by atoms with E-state index < -0.39 is 5.82 Å². The van der Waals surface area contributed by atoms with Gasteiger partial charge in [-0.3, -0.25) is 14.6 Å². The molecule has 0 bridgehead atoms. The summed E-state index contributed by atoms with van der Waals surface area (Å²) in [5, 5.41) is 5.84. The summed E-state index contributed by atoms with van der Waals surface area (Å²) in [6.45, 7) is 0.968. The van der Waals surface area contributed by atoms with Gasteiger partial charge < -0.3 is 14.6 Å². The van der Waals surface area contributed by atoms with Gasteiger partial charge in [-0.2, -0.15) is 0 Å². The zero-order chi connectivity index (χ0) is 24.4. The highest BCUT2D eigenvalue weighted by atomic mass is 19.1. The van der Waals surface area contributed by atoms with Crippen LogP contribution in [0.5, 0.6) is 0 Å². The summed E-state index contributed by atoms with van der Waals surface area (Å²) >= 11 is 0. The minimum atomic E-state index is -0.442. The fourth-order valence-electron chi connectivity index (χ4n) is 5.11. The van der Waals surface area contributed by atoms with E-state index in [0.29, 0.717) is 29.6 Å². The minimum absolute atomic E-state index is 0.0539. The highest BCUT2D eigenvalue weighted by molar-refractivity contribution is 6.06. The average molecular weight is 474 g/mol. The Labute approximate surface area is 203 Å². The molecule has 1 amide bonds. The largest absolute Gasteiger partial charge is 0.469 e. The van der Waals surface area contributed by atoms with Crippen LogP contribution in [0.2, 0.25) is 0 Å². The molecule has 0 spiro atoms. The molecule has 0 aliphatic heterocycles. The molecule has 1 fully saturated rings. The Morgan fingerprint density at radius 1 is 1.06 bits per heavy atom. The molecule has 5 rings (SSSR count). The van der Waals surface area contributed by atoms with Crippen LogP contribution in [0.25, 0.3) is 21.7 Å². The van der Waals surface area contributed by atoms with Gasteiger partial charge in [0.05, 0.1) is 36.3 Å². The number of carbonyl (C=O) groups excluding carboxylic acids is 2. The molecular formula is C28H28FN3O3. The molecule has 0 radical (unpaired) electrons.